The van der Waals surface area contributed by atoms with E-state index < -0.39 is 23.8 Å². The van der Waals surface area contributed by atoms with Crippen molar-refractivity contribution in [2.24, 2.45) is 0 Å². The van der Waals surface area contributed by atoms with Crippen molar-refractivity contribution in [3.8, 4) is 0 Å². The Morgan fingerprint density at radius 3 is 2.62 bits per heavy atom. The lowest BCUT2D eigenvalue weighted by molar-refractivity contribution is -0.184. The lowest BCUT2D eigenvalue weighted by Crippen LogP contribution is -2.32. The molecule has 0 spiro atoms. The second-order valence-corrected chi connectivity index (χ2v) is 2.99. The summed E-state index contributed by atoms with van der Waals surface area (Å²) in [5.41, 5.74) is 1.06. The summed E-state index contributed by atoms with van der Waals surface area (Å²) in [6, 6.07) is 0. The number of hydrogen-bond donors (Lipinski definition) is 0. The maximum Gasteiger partial charge on any atom is 0.421 e. The minimum atomic E-state index is -4.94. The minimum Gasteiger partial charge on any atom is -0.255 e. The van der Waals surface area contributed by atoms with Gasteiger partial charge in [-0.05, 0) is 0 Å². The number of hydrogen-bond acceptors (Lipinski definition) is 3. The Morgan fingerprint density at radius 2 is 2.23 bits per heavy atom. The van der Waals surface area contributed by atoms with Crippen LogP contribution in [0.1, 0.15) is 0 Å². The van der Waals surface area contributed by atoms with Crippen molar-refractivity contribution in [1.29, 1.82) is 0 Å². The van der Waals surface area contributed by atoms with Gasteiger partial charge in [-0.25, -0.2) is 9.07 Å². The Balaban J connectivity index is 2.71. The molecular weight excluding hydrogens is 212 g/mol. The third-order valence-electron chi connectivity index (χ3n) is 1.24. The van der Waals surface area contributed by atoms with Crippen LogP contribution in [0.2, 0.25) is 0 Å². The summed E-state index contributed by atoms with van der Waals surface area (Å²) in [5.74, 6) is 0. The van der Waals surface area contributed by atoms with Crippen LogP contribution in [-0.4, -0.2) is 22.1 Å². The lowest BCUT2D eigenvalue weighted by atomic mass is 10.4. The molecule has 0 aliphatic heterocycles. The molecule has 1 unspecified atom stereocenters. The molecule has 0 amide bonds. The highest BCUT2D eigenvalue weighted by Gasteiger charge is 2.40. The van der Waals surface area contributed by atoms with Crippen LogP contribution in [0.25, 0.3) is 0 Å². The Kier molecular flexibility index (Phi) is 2.69. The van der Waals surface area contributed by atoms with Crippen LogP contribution in [0, 0.1) is 0 Å². The number of aromatic nitrogens is 2. The SMILES string of the molecule is O=c1scnn1CC(F)C(F)(F)F. The van der Waals surface area contributed by atoms with E-state index in [2.05, 4.69) is 5.10 Å². The fourth-order valence-corrected chi connectivity index (χ4v) is 1.11. The van der Waals surface area contributed by atoms with Gasteiger partial charge < -0.3 is 0 Å². The molecule has 0 aromatic carbocycles. The summed E-state index contributed by atoms with van der Waals surface area (Å²) in [4.78, 5) is 9.96. The first-order valence-corrected chi connectivity index (χ1v) is 4.00. The molecule has 1 rings (SSSR count). The fraction of sp³-hybridized carbons (Fsp3) is 0.600. The van der Waals surface area contributed by atoms with Crippen LogP contribution in [0.15, 0.2) is 10.3 Å². The molecule has 0 fully saturated rings. The molecule has 0 bridgehead atoms. The van der Waals surface area contributed by atoms with Gasteiger partial charge in [-0.2, -0.15) is 18.3 Å². The van der Waals surface area contributed by atoms with Gasteiger partial charge in [-0.1, -0.05) is 11.3 Å². The maximum atomic E-state index is 12.3. The zero-order valence-corrected chi connectivity index (χ0v) is 6.90. The predicted octanol–water partition coefficient (Wildman–Crippen LogP) is 1.21. The molecule has 1 heterocycles. The van der Waals surface area contributed by atoms with Crippen LogP contribution in [-0.2, 0) is 6.54 Å². The molecule has 0 aliphatic carbocycles. The molecule has 8 heteroatoms. The van der Waals surface area contributed by atoms with Crippen LogP contribution >= 0.6 is 11.3 Å². The summed E-state index contributed by atoms with van der Waals surface area (Å²) >= 11 is 0.619. The zero-order valence-electron chi connectivity index (χ0n) is 6.08. The summed E-state index contributed by atoms with van der Waals surface area (Å²) in [5, 5.41) is 3.25. The average molecular weight is 216 g/mol. The van der Waals surface area contributed by atoms with E-state index in [0.717, 1.165) is 5.51 Å². The largest absolute Gasteiger partial charge is 0.421 e. The van der Waals surface area contributed by atoms with Gasteiger partial charge in [0.05, 0.1) is 6.54 Å². The second kappa shape index (κ2) is 3.44. The summed E-state index contributed by atoms with van der Waals surface area (Å²) in [7, 11) is 0. The van der Waals surface area contributed by atoms with Gasteiger partial charge in [-0.15, -0.1) is 0 Å². The van der Waals surface area contributed by atoms with Crippen molar-refractivity contribution in [1.82, 2.24) is 9.78 Å². The first-order chi connectivity index (χ1) is 5.91. The lowest BCUT2D eigenvalue weighted by Gasteiger charge is -2.10. The first-order valence-electron chi connectivity index (χ1n) is 3.12. The van der Waals surface area contributed by atoms with Crippen molar-refractivity contribution < 1.29 is 17.6 Å². The normalized spacial score (nSPS) is 14.5. The molecule has 1 aromatic rings. The van der Waals surface area contributed by atoms with E-state index in [0.29, 0.717) is 16.0 Å². The Morgan fingerprint density at radius 1 is 1.62 bits per heavy atom. The van der Waals surface area contributed by atoms with Gasteiger partial charge >= 0.3 is 11.0 Å². The minimum absolute atomic E-state index is 0.447. The quantitative estimate of drug-likeness (QED) is 0.696. The topological polar surface area (TPSA) is 34.9 Å². The molecule has 0 saturated heterocycles. The van der Waals surface area contributed by atoms with Crippen LogP contribution in [0.4, 0.5) is 17.6 Å². The van der Waals surface area contributed by atoms with Crippen LogP contribution in [0.3, 0.4) is 0 Å². The van der Waals surface area contributed by atoms with E-state index in [1.165, 1.54) is 0 Å². The predicted molar refractivity (Wildman–Crippen MR) is 37.3 cm³/mol. The van der Waals surface area contributed by atoms with E-state index in [4.69, 9.17) is 0 Å². The number of halogens is 4. The molecule has 0 aliphatic rings. The Bertz CT molecular complexity index is 330. The van der Waals surface area contributed by atoms with Crippen LogP contribution in [0.5, 0.6) is 0 Å². The highest BCUT2D eigenvalue weighted by atomic mass is 32.1. The maximum absolute atomic E-state index is 12.3. The van der Waals surface area contributed by atoms with Gasteiger partial charge in [0, 0.05) is 0 Å². The third-order valence-corrected chi connectivity index (χ3v) is 1.85. The van der Waals surface area contributed by atoms with E-state index in [-0.39, 0.29) is 0 Å². The second-order valence-electron chi connectivity index (χ2n) is 2.20. The molecule has 13 heavy (non-hydrogen) atoms. The highest BCUT2D eigenvalue weighted by Crippen LogP contribution is 2.23. The summed E-state index contributed by atoms with van der Waals surface area (Å²) in [6.07, 6.45) is -7.99. The van der Waals surface area contributed by atoms with Gasteiger partial charge in [-0.3, -0.25) is 4.79 Å². The fourth-order valence-electron chi connectivity index (χ4n) is 0.611. The molecule has 1 aromatic heterocycles. The number of rotatable bonds is 2. The monoisotopic (exact) mass is 216 g/mol. The Hall–Kier alpha value is -0.920. The van der Waals surface area contributed by atoms with Gasteiger partial charge in [0.1, 0.15) is 5.51 Å². The molecular formula is C5H4F4N2OS. The van der Waals surface area contributed by atoms with E-state index in [9.17, 15) is 22.4 Å². The highest BCUT2D eigenvalue weighted by molar-refractivity contribution is 7.06. The molecule has 1 atom stereocenters. The first kappa shape index (κ1) is 10.2. The third kappa shape index (κ3) is 2.51. The van der Waals surface area contributed by atoms with Crippen LogP contribution < -0.4 is 4.87 Å². The van der Waals surface area contributed by atoms with Crippen molar-refractivity contribution in [2.75, 3.05) is 0 Å². The van der Waals surface area contributed by atoms with Crippen molar-refractivity contribution in [2.45, 2.75) is 18.9 Å². The van der Waals surface area contributed by atoms with E-state index in [1.807, 2.05) is 0 Å². The van der Waals surface area contributed by atoms with Crippen molar-refractivity contribution >= 4 is 11.3 Å². The molecule has 3 nitrogen and oxygen atoms in total. The van der Waals surface area contributed by atoms with Crippen molar-refractivity contribution in [3.05, 3.63) is 15.2 Å². The molecule has 74 valence electrons. The average Bonchev–Trinajstić information content (AvgIpc) is 2.34. The molecule has 0 saturated carbocycles. The standard InChI is InChI=1S/C5H4F4N2OS/c6-3(5(7,8)9)1-11-4(12)13-2-10-11/h2-3H,1H2. The van der Waals surface area contributed by atoms with E-state index in [1.54, 1.807) is 0 Å². The Labute approximate surface area is 73.6 Å². The van der Waals surface area contributed by atoms with Gasteiger partial charge in [0.15, 0.2) is 0 Å². The van der Waals surface area contributed by atoms with Gasteiger partial charge in [0.25, 0.3) is 0 Å². The number of nitrogens with zero attached hydrogens (tertiary/aromatic N) is 2. The molecule has 0 N–H and O–H groups in total. The van der Waals surface area contributed by atoms with Gasteiger partial charge in [0.2, 0.25) is 6.17 Å². The summed E-state index contributed by atoms with van der Waals surface area (Å²) < 4.78 is 47.8. The number of alkyl halides is 4. The molecule has 0 radical (unpaired) electrons. The zero-order chi connectivity index (χ0) is 10.1. The van der Waals surface area contributed by atoms with Crippen molar-refractivity contribution in [3.63, 3.8) is 0 Å². The van der Waals surface area contributed by atoms with E-state index >= 15 is 0 Å². The summed E-state index contributed by atoms with van der Waals surface area (Å²) in [6.45, 7) is -1.08. The smallest absolute Gasteiger partial charge is 0.255 e.